The number of fused-ring (bicyclic) bond motifs is 1. The van der Waals surface area contributed by atoms with Crippen LogP contribution in [0.2, 0.25) is 0 Å². The van der Waals surface area contributed by atoms with Crippen LogP contribution in [0.5, 0.6) is 11.5 Å². The molecule has 0 atom stereocenters. The molecular formula is C18H17BrN2O3S. The molecule has 0 aliphatic heterocycles. The lowest BCUT2D eigenvalue weighted by atomic mass is 10.3. The Hall–Kier alpha value is -2.12. The van der Waals surface area contributed by atoms with E-state index in [4.69, 9.17) is 9.47 Å². The summed E-state index contributed by atoms with van der Waals surface area (Å²) in [5.74, 6) is 1.50. The van der Waals surface area contributed by atoms with E-state index in [0.717, 1.165) is 26.2 Å². The molecule has 1 N–H and O–H groups in total. The average molecular weight is 421 g/mol. The Bertz CT molecular complexity index is 882. The van der Waals surface area contributed by atoms with Crippen LogP contribution in [0.3, 0.4) is 0 Å². The zero-order chi connectivity index (χ0) is 17.6. The normalized spacial score (nSPS) is 10.6. The number of methoxy groups -OCH3 is 1. The first-order valence-electron chi connectivity index (χ1n) is 7.77. The number of hydrogen-bond donors (Lipinski definition) is 1. The number of ether oxygens (including phenoxy) is 2. The summed E-state index contributed by atoms with van der Waals surface area (Å²) in [6.45, 7) is 0.487. The summed E-state index contributed by atoms with van der Waals surface area (Å²) < 4.78 is 12.8. The molecule has 0 bridgehead atoms. The van der Waals surface area contributed by atoms with Gasteiger partial charge in [0.05, 0.1) is 23.9 Å². The molecule has 1 amide bonds. The Morgan fingerprint density at radius 2 is 2.12 bits per heavy atom. The van der Waals surface area contributed by atoms with E-state index in [2.05, 4.69) is 26.2 Å². The van der Waals surface area contributed by atoms with Crippen molar-refractivity contribution < 1.29 is 14.3 Å². The van der Waals surface area contributed by atoms with Crippen molar-refractivity contribution in [2.45, 2.75) is 12.8 Å². The van der Waals surface area contributed by atoms with Gasteiger partial charge in [-0.05, 0) is 42.8 Å². The zero-order valence-electron chi connectivity index (χ0n) is 13.6. The lowest BCUT2D eigenvalue weighted by Gasteiger charge is -2.06. The van der Waals surface area contributed by atoms with Crippen LogP contribution in [-0.4, -0.2) is 24.6 Å². The second-order valence-corrected chi connectivity index (χ2v) is 7.26. The summed E-state index contributed by atoms with van der Waals surface area (Å²) in [6.07, 6.45) is 1.02. The molecule has 0 aliphatic rings. The first-order chi connectivity index (χ1) is 12.1. The van der Waals surface area contributed by atoms with Crippen molar-refractivity contribution in [2.75, 3.05) is 19.0 Å². The van der Waals surface area contributed by atoms with Crippen LogP contribution in [0.1, 0.15) is 12.8 Å². The lowest BCUT2D eigenvalue weighted by molar-refractivity contribution is -0.116. The van der Waals surface area contributed by atoms with E-state index in [1.54, 1.807) is 7.11 Å². The maximum absolute atomic E-state index is 12.0. The molecule has 130 valence electrons. The average Bonchev–Trinajstić information content (AvgIpc) is 3.00. The number of thiazole rings is 1. The standard InChI is InChI=1S/C18H17BrN2O3S/c1-23-13-7-8-15-16(11-13)25-18(20-15)21-17(22)6-3-9-24-14-5-2-4-12(19)10-14/h2,4-5,7-8,10-11H,3,6,9H2,1H3,(H,20,21,22). The number of anilines is 1. The minimum absolute atomic E-state index is 0.0659. The Morgan fingerprint density at radius 1 is 1.24 bits per heavy atom. The number of benzene rings is 2. The van der Waals surface area contributed by atoms with E-state index >= 15 is 0 Å². The first kappa shape index (κ1) is 17.7. The summed E-state index contributed by atoms with van der Waals surface area (Å²) in [4.78, 5) is 16.5. The van der Waals surface area contributed by atoms with Gasteiger partial charge in [-0.3, -0.25) is 4.79 Å². The van der Waals surface area contributed by atoms with Crippen molar-refractivity contribution in [1.29, 1.82) is 0 Å². The highest BCUT2D eigenvalue weighted by molar-refractivity contribution is 9.10. The number of nitrogens with zero attached hydrogens (tertiary/aromatic N) is 1. The maximum Gasteiger partial charge on any atom is 0.226 e. The number of rotatable bonds is 7. The van der Waals surface area contributed by atoms with Crippen molar-refractivity contribution in [1.82, 2.24) is 4.98 Å². The number of amides is 1. The molecule has 0 saturated carbocycles. The molecule has 25 heavy (non-hydrogen) atoms. The largest absolute Gasteiger partial charge is 0.497 e. The minimum Gasteiger partial charge on any atom is -0.497 e. The van der Waals surface area contributed by atoms with Gasteiger partial charge in [0.1, 0.15) is 11.5 Å². The quantitative estimate of drug-likeness (QED) is 0.554. The van der Waals surface area contributed by atoms with Crippen LogP contribution in [0, 0.1) is 0 Å². The number of halogens is 1. The van der Waals surface area contributed by atoms with Gasteiger partial charge in [0.25, 0.3) is 0 Å². The van der Waals surface area contributed by atoms with Gasteiger partial charge in [-0.15, -0.1) is 0 Å². The van der Waals surface area contributed by atoms with E-state index in [9.17, 15) is 4.79 Å². The second kappa shape index (κ2) is 8.31. The molecule has 5 nitrogen and oxygen atoms in total. The van der Waals surface area contributed by atoms with Crippen LogP contribution in [0.4, 0.5) is 5.13 Å². The zero-order valence-corrected chi connectivity index (χ0v) is 16.0. The number of carbonyl (C=O) groups is 1. The minimum atomic E-state index is -0.0659. The Kier molecular flexibility index (Phi) is 5.88. The van der Waals surface area contributed by atoms with E-state index in [0.29, 0.717) is 24.6 Å². The SMILES string of the molecule is COc1ccc2nc(NC(=O)CCCOc3cccc(Br)c3)sc2c1. The fourth-order valence-corrected chi connectivity index (χ4v) is 3.54. The van der Waals surface area contributed by atoms with Gasteiger partial charge in [-0.1, -0.05) is 33.3 Å². The monoisotopic (exact) mass is 420 g/mol. The molecule has 3 rings (SSSR count). The molecule has 2 aromatic carbocycles. The van der Waals surface area contributed by atoms with E-state index in [1.807, 2.05) is 42.5 Å². The fourth-order valence-electron chi connectivity index (χ4n) is 2.25. The van der Waals surface area contributed by atoms with Crippen molar-refractivity contribution in [2.24, 2.45) is 0 Å². The van der Waals surface area contributed by atoms with Crippen molar-refractivity contribution in [3.8, 4) is 11.5 Å². The van der Waals surface area contributed by atoms with Gasteiger partial charge in [-0.2, -0.15) is 0 Å². The molecule has 7 heteroatoms. The highest BCUT2D eigenvalue weighted by Crippen LogP contribution is 2.29. The summed E-state index contributed by atoms with van der Waals surface area (Å²) in [5.41, 5.74) is 0.846. The number of hydrogen-bond acceptors (Lipinski definition) is 5. The summed E-state index contributed by atoms with van der Waals surface area (Å²) in [7, 11) is 1.63. The van der Waals surface area contributed by atoms with Crippen LogP contribution >= 0.6 is 27.3 Å². The molecule has 0 saturated heterocycles. The molecule has 1 aromatic heterocycles. The third-order valence-electron chi connectivity index (χ3n) is 3.45. The van der Waals surface area contributed by atoms with E-state index < -0.39 is 0 Å². The summed E-state index contributed by atoms with van der Waals surface area (Å²) in [6, 6.07) is 13.3. The van der Waals surface area contributed by atoms with Gasteiger partial charge in [0.15, 0.2) is 5.13 Å². The molecular weight excluding hydrogens is 404 g/mol. The molecule has 0 aliphatic carbocycles. The van der Waals surface area contributed by atoms with Crippen LogP contribution < -0.4 is 14.8 Å². The molecule has 3 aromatic rings. The van der Waals surface area contributed by atoms with Gasteiger partial charge < -0.3 is 14.8 Å². The van der Waals surface area contributed by atoms with Crippen molar-refractivity contribution >= 4 is 48.5 Å². The maximum atomic E-state index is 12.0. The Labute approximate surface area is 158 Å². The fraction of sp³-hybridized carbons (Fsp3) is 0.222. The smallest absolute Gasteiger partial charge is 0.226 e. The lowest BCUT2D eigenvalue weighted by Crippen LogP contribution is -2.12. The number of nitrogens with one attached hydrogen (secondary N) is 1. The van der Waals surface area contributed by atoms with E-state index in [-0.39, 0.29) is 5.91 Å². The van der Waals surface area contributed by atoms with Gasteiger partial charge >= 0.3 is 0 Å². The number of carbonyl (C=O) groups excluding carboxylic acids is 1. The predicted molar refractivity (Wildman–Crippen MR) is 104 cm³/mol. The topological polar surface area (TPSA) is 60.5 Å². The second-order valence-electron chi connectivity index (χ2n) is 5.31. The van der Waals surface area contributed by atoms with Crippen LogP contribution in [0.15, 0.2) is 46.9 Å². The third kappa shape index (κ3) is 4.93. The highest BCUT2D eigenvalue weighted by Gasteiger charge is 2.08. The van der Waals surface area contributed by atoms with Gasteiger partial charge in [0.2, 0.25) is 5.91 Å². The highest BCUT2D eigenvalue weighted by atomic mass is 79.9. The third-order valence-corrected chi connectivity index (χ3v) is 4.88. The van der Waals surface area contributed by atoms with Gasteiger partial charge in [-0.25, -0.2) is 4.98 Å². The molecule has 1 heterocycles. The van der Waals surface area contributed by atoms with Crippen molar-refractivity contribution in [3.05, 3.63) is 46.9 Å². The molecule has 0 radical (unpaired) electrons. The Morgan fingerprint density at radius 3 is 2.92 bits per heavy atom. The molecule has 0 spiro atoms. The predicted octanol–water partition coefficient (Wildman–Crippen LogP) is 4.87. The van der Waals surface area contributed by atoms with Crippen LogP contribution in [-0.2, 0) is 4.79 Å². The van der Waals surface area contributed by atoms with Crippen molar-refractivity contribution in [3.63, 3.8) is 0 Å². The molecule has 0 fully saturated rings. The number of aromatic nitrogens is 1. The Balaban J connectivity index is 1.47. The van der Waals surface area contributed by atoms with Gasteiger partial charge in [0, 0.05) is 10.9 Å². The molecule has 0 unspecified atom stereocenters. The first-order valence-corrected chi connectivity index (χ1v) is 9.38. The summed E-state index contributed by atoms with van der Waals surface area (Å²) in [5, 5.41) is 3.44. The summed E-state index contributed by atoms with van der Waals surface area (Å²) >= 11 is 4.83. The van der Waals surface area contributed by atoms with Crippen LogP contribution in [0.25, 0.3) is 10.2 Å². The van der Waals surface area contributed by atoms with E-state index in [1.165, 1.54) is 11.3 Å².